The fourth-order valence-electron chi connectivity index (χ4n) is 2.95. The predicted molar refractivity (Wildman–Crippen MR) is 163 cm³/mol. The minimum atomic E-state index is -2.36. The molecule has 1 aromatic heterocycles. The van der Waals surface area contributed by atoms with Crippen LogP contribution in [0.15, 0.2) is 58.9 Å². The zero-order valence-electron chi connectivity index (χ0n) is 17.6. The Balaban J connectivity index is 1.26. The van der Waals surface area contributed by atoms with Crippen molar-refractivity contribution in [3.8, 4) is 0 Å². The minimum absolute atomic E-state index is 0.521. The lowest BCUT2D eigenvalue weighted by Crippen LogP contribution is -2.53. The van der Waals surface area contributed by atoms with Crippen molar-refractivity contribution in [3.63, 3.8) is 0 Å². The van der Waals surface area contributed by atoms with Gasteiger partial charge in [-0.25, -0.2) is 4.98 Å². The second-order valence-corrected chi connectivity index (χ2v) is 24.1. The standard InChI is InChI=1S/C19H23NO2S9Si/c1-15(14-32(21-2,22-3)16-9-5-4-6-10-16)13-23-26-28-30-31-29-27-25-19-20-17-11-7-8-12-18(17)24-19/h4-12,15H,13-14H2,1-3H3. The normalized spacial score (nSPS) is 13.0. The van der Waals surface area contributed by atoms with Gasteiger partial charge in [0.1, 0.15) is 0 Å². The lowest BCUT2D eigenvalue weighted by molar-refractivity contribution is 0.252. The Labute approximate surface area is 225 Å². The number of nitrogens with zero attached hydrogens (tertiary/aromatic N) is 1. The third-order valence-electron chi connectivity index (χ3n) is 4.41. The summed E-state index contributed by atoms with van der Waals surface area (Å²) < 4.78 is 14.3. The van der Waals surface area contributed by atoms with Gasteiger partial charge in [0, 0.05) is 20.0 Å². The lowest BCUT2D eigenvalue weighted by Gasteiger charge is -2.30. The molecule has 0 amide bonds. The van der Waals surface area contributed by atoms with Crippen LogP contribution in [0.25, 0.3) is 10.2 Å². The highest BCUT2D eigenvalue weighted by Gasteiger charge is 2.39. The summed E-state index contributed by atoms with van der Waals surface area (Å²) in [5.41, 5.74) is 1.09. The molecule has 3 rings (SSSR count). The van der Waals surface area contributed by atoms with Crippen LogP contribution in [0.5, 0.6) is 0 Å². The van der Waals surface area contributed by atoms with Gasteiger partial charge in [-0.2, -0.15) is 0 Å². The molecule has 0 N–H and O–H groups in total. The molecule has 0 bridgehead atoms. The van der Waals surface area contributed by atoms with Crippen molar-refractivity contribution in [2.45, 2.75) is 17.3 Å². The average molecular weight is 614 g/mol. The summed E-state index contributed by atoms with van der Waals surface area (Å²) in [6.45, 7) is 2.29. The molecule has 0 saturated carbocycles. The molecule has 0 saturated heterocycles. The summed E-state index contributed by atoms with van der Waals surface area (Å²) in [5.74, 6) is 1.60. The Morgan fingerprint density at radius 1 is 0.875 bits per heavy atom. The van der Waals surface area contributed by atoms with Crippen molar-refractivity contribution in [1.82, 2.24) is 4.98 Å². The highest BCUT2D eigenvalue weighted by Crippen LogP contribution is 2.58. The van der Waals surface area contributed by atoms with Crippen molar-refractivity contribution in [2.75, 3.05) is 20.0 Å². The van der Waals surface area contributed by atoms with Gasteiger partial charge in [0.15, 0.2) is 4.34 Å². The van der Waals surface area contributed by atoms with Crippen molar-refractivity contribution in [2.24, 2.45) is 5.92 Å². The van der Waals surface area contributed by atoms with E-state index in [4.69, 9.17) is 8.85 Å². The van der Waals surface area contributed by atoms with Gasteiger partial charge in [-0.3, -0.25) is 0 Å². The number of fused-ring (bicyclic) bond motifs is 1. The van der Waals surface area contributed by atoms with E-state index >= 15 is 0 Å². The van der Waals surface area contributed by atoms with Crippen molar-refractivity contribution < 1.29 is 8.85 Å². The zero-order valence-corrected chi connectivity index (χ0v) is 26.0. The van der Waals surface area contributed by atoms with Gasteiger partial charge in [-0.05, 0) is 99.0 Å². The van der Waals surface area contributed by atoms with E-state index in [0.717, 1.165) is 21.7 Å². The van der Waals surface area contributed by atoms with E-state index in [1.54, 1.807) is 65.8 Å². The Morgan fingerprint density at radius 3 is 2.25 bits per heavy atom. The van der Waals surface area contributed by atoms with Crippen molar-refractivity contribution >= 4 is 116 Å². The number of hydrogen-bond acceptors (Lipinski definition) is 12. The smallest absolute Gasteiger partial charge is 0.372 e. The first-order valence-corrected chi connectivity index (χ1v) is 22.6. The predicted octanol–water partition coefficient (Wildman–Crippen LogP) is 9.20. The first-order chi connectivity index (χ1) is 15.7. The van der Waals surface area contributed by atoms with Crippen LogP contribution in [0, 0.1) is 5.92 Å². The molecule has 0 radical (unpaired) electrons. The van der Waals surface area contributed by atoms with Crippen LogP contribution in [-0.2, 0) is 8.85 Å². The van der Waals surface area contributed by atoms with E-state index in [2.05, 4.69) is 54.4 Å². The maximum atomic E-state index is 5.95. The van der Waals surface area contributed by atoms with E-state index in [-0.39, 0.29) is 0 Å². The minimum Gasteiger partial charge on any atom is -0.394 e. The molecule has 174 valence electrons. The van der Waals surface area contributed by atoms with E-state index in [0.29, 0.717) is 5.92 Å². The molecule has 2 aromatic carbocycles. The third-order valence-corrected chi connectivity index (χ3v) is 24.9. The SMILES string of the molecule is CO[Si](CC(C)CSSSSSSSSc1nc2ccccc2s1)(OC)c1ccccc1. The molecule has 0 aliphatic rings. The third kappa shape index (κ3) is 8.73. The fraction of sp³-hybridized carbons (Fsp3) is 0.316. The van der Waals surface area contributed by atoms with Gasteiger partial charge in [0.2, 0.25) is 0 Å². The Bertz CT molecular complexity index is 896. The fourth-order valence-corrected chi connectivity index (χ4v) is 24.7. The van der Waals surface area contributed by atoms with Gasteiger partial charge in [0.05, 0.1) is 10.2 Å². The quantitative estimate of drug-likeness (QED) is 0.0934. The van der Waals surface area contributed by atoms with E-state index in [1.165, 1.54) is 9.89 Å². The van der Waals surface area contributed by atoms with Crippen LogP contribution in [0.2, 0.25) is 6.04 Å². The van der Waals surface area contributed by atoms with E-state index in [9.17, 15) is 0 Å². The molecule has 3 nitrogen and oxygen atoms in total. The molecular weight excluding hydrogens is 591 g/mol. The number of para-hydroxylation sites is 1. The monoisotopic (exact) mass is 613 g/mol. The second kappa shape index (κ2) is 15.4. The lowest BCUT2D eigenvalue weighted by atomic mass is 10.3. The molecule has 1 atom stereocenters. The van der Waals surface area contributed by atoms with Crippen LogP contribution < -0.4 is 5.19 Å². The number of thiazole rings is 1. The van der Waals surface area contributed by atoms with E-state index < -0.39 is 8.56 Å². The molecular formula is C19H23NO2S9Si. The van der Waals surface area contributed by atoms with Gasteiger partial charge < -0.3 is 8.85 Å². The van der Waals surface area contributed by atoms with Crippen molar-refractivity contribution in [1.29, 1.82) is 0 Å². The number of aromatic nitrogens is 1. The Hall–Kier alpha value is 1.27. The van der Waals surface area contributed by atoms with Crippen molar-refractivity contribution in [3.05, 3.63) is 54.6 Å². The van der Waals surface area contributed by atoms with Crippen LogP contribution >= 0.6 is 91.9 Å². The average Bonchev–Trinajstić information content (AvgIpc) is 3.25. The molecule has 0 spiro atoms. The van der Waals surface area contributed by atoms with Gasteiger partial charge in [0.25, 0.3) is 0 Å². The zero-order chi connectivity index (χ0) is 22.7. The molecule has 0 aliphatic carbocycles. The summed E-state index contributed by atoms with van der Waals surface area (Å²) in [4.78, 5) is 4.65. The highest BCUT2D eigenvalue weighted by atomic mass is 34.0. The summed E-state index contributed by atoms with van der Waals surface area (Å²) in [5, 5.41) is 1.20. The van der Waals surface area contributed by atoms with Crippen LogP contribution in [-0.4, -0.2) is 33.5 Å². The molecule has 3 aromatic rings. The molecule has 0 aliphatic heterocycles. The number of rotatable bonds is 15. The van der Waals surface area contributed by atoms with Crippen LogP contribution in [0.1, 0.15) is 6.92 Å². The summed E-state index contributed by atoms with van der Waals surface area (Å²) in [6.07, 6.45) is 0. The number of hydrogen-bond donors (Lipinski definition) is 0. The molecule has 32 heavy (non-hydrogen) atoms. The summed E-state index contributed by atoms with van der Waals surface area (Å²) >= 11 is 1.75. The maximum Gasteiger partial charge on any atom is 0.372 e. The van der Waals surface area contributed by atoms with Gasteiger partial charge in [-0.1, -0.05) is 60.2 Å². The number of benzene rings is 2. The molecule has 13 heteroatoms. The highest BCUT2D eigenvalue weighted by molar-refractivity contribution is 9.48. The Kier molecular flexibility index (Phi) is 13.4. The molecule has 0 fully saturated rings. The largest absolute Gasteiger partial charge is 0.394 e. The van der Waals surface area contributed by atoms with Crippen LogP contribution in [0.3, 0.4) is 0 Å². The van der Waals surface area contributed by atoms with Crippen LogP contribution in [0.4, 0.5) is 0 Å². The van der Waals surface area contributed by atoms with Gasteiger partial charge in [-0.15, -0.1) is 11.3 Å². The summed E-state index contributed by atoms with van der Waals surface area (Å²) in [7, 11) is 15.7. The topological polar surface area (TPSA) is 31.4 Å². The van der Waals surface area contributed by atoms with Gasteiger partial charge >= 0.3 is 8.56 Å². The Morgan fingerprint density at radius 2 is 1.53 bits per heavy atom. The van der Waals surface area contributed by atoms with E-state index in [1.807, 2.05) is 52.4 Å². The first kappa shape index (κ1) is 27.8. The maximum absolute atomic E-state index is 5.95. The molecule has 1 unspecified atom stereocenters. The summed E-state index contributed by atoms with van der Waals surface area (Å²) in [6, 6.07) is 19.7. The first-order valence-electron chi connectivity index (χ1n) is 9.48. The molecule has 1 heterocycles. The second-order valence-electron chi connectivity index (χ2n) is 6.56.